The molecular weight excluding hydrogens is 474 g/mol. The fraction of sp³-hybridized carbons (Fsp3) is 0.423. The summed E-state index contributed by atoms with van der Waals surface area (Å²) in [5.74, 6) is 0.375. The number of amides is 1. The molecule has 2 aromatic carbocycles. The van der Waals surface area contributed by atoms with Gasteiger partial charge in [0.15, 0.2) is 0 Å². The van der Waals surface area contributed by atoms with Crippen LogP contribution in [0.4, 0.5) is 33.0 Å². The molecule has 0 atom stereocenters. The molecule has 36 heavy (non-hydrogen) atoms. The van der Waals surface area contributed by atoms with E-state index in [9.17, 15) is 4.79 Å². The highest BCUT2D eigenvalue weighted by atomic mass is 32.1. The van der Waals surface area contributed by atoms with Crippen molar-refractivity contribution >= 4 is 50.3 Å². The van der Waals surface area contributed by atoms with Crippen molar-refractivity contribution in [3.05, 3.63) is 41.5 Å². The molecule has 9 nitrogen and oxygen atoms in total. The highest BCUT2D eigenvalue weighted by Gasteiger charge is 2.24. The number of azo groups is 1. The third kappa shape index (κ3) is 6.37. The summed E-state index contributed by atoms with van der Waals surface area (Å²) in [6.07, 6.45) is 0. The lowest BCUT2D eigenvalue weighted by Crippen LogP contribution is -2.39. The first kappa shape index (κ1) is 27.1. The van der Waals surface area contributed by atoms with Crippen molar-refractivity contribution in [2.24, 2.45) is 17.3 Å². The molecule has 0 unspecified atom stereocenters. The van der Waals surface area contributed by atoms with Crippen molar-refractivity contribution in [1.82, 2.24) is 5.10 Å². The number of hydrogen-bond donors (Lipinski definition) is 2. The van der Waals surface area contributed by atoms with Crippen LogP contribution in [0, 0.1) is 13.8 Å². The average molecular weight is 511 g/mol. The number of nitrogens with zero attached hydrogens (tertiary/aromatic N) is 5. The van der Waals surface area contributed by atoms with E-state index >= 15 is 0 Å². The Hall–Kier alpha value is -3.53. The molecule has 10 heteroatoms. The molecule has 0 aliphatic carbocycles. The third-order valence-electron chi connectivity index (χ3n) is 5.69. The summed E-state index contributed by atoms with van der Waals surface area (Å²) in [7, 11) is 3.45. The largest absolute Gasteiger partial charge is 0.494 e. The van der Waals surface area contributed by atoms with Gasteiger partial charge in [-0.2, -0.15) is 0 Å². The van der Waals surface area contributed by atoms with Gasteiger partial charge >= 0.3 is 5.13 Å². The van der Waals surface area contributed by atoms with E-state index in [1.165, 1.54) is 29.4 Å². The zero-order valence-electron chi connectivity index (χ0n) is 22.5. The molecule has 3 aromatic rings. The minimum atomic E-state index is -0.205. The normalized spacial score (nSPS) is 11.4. The molecule has 3 rings (SSSR count). The smallest absolute Gasteiger partial charge is 0.431 e. The number of anilines is 4. The van der Waals surface area contributed by atoms with Crippen molar-refractivity contribution in [2.75, 3.05) is 22.6 Å². The van der Waals surface area contributed by atoms with Crippen LogP contribution in [0.3, 0.4) is 0 Å². The summed E-state index contributed by atoms with van der Waals surface area (Å²) in [6, 6.07) is 10.3. The first-order chi connectivity index (χ1) is 17.0. The van der Waals surface area contributed by atoms with Crippen molar-refractivity contribution in [1.29, 1.82) is 0 Å². The zero-order chi connectivity index (χ0) is 26.6. The topological polar surface area (TPSA) is 95.1 Å². The van der Waals surface area contributed by atoms with Gasteiger partial charge in [-0.25, -0.2) is 0 Å². The second-order valence-corrected chi connectivity index (χ2v) is 10.2. The summed E-state index contributed by atoms with van der Waals surface area (Å²) in [5, 5.41) is 21.3. The number of methoxy groups -OCH3 is 1. The van der Waals surface area contributed by atoms with Crippen molar-refractivity contribution in [2.45, 2.75) is 60.5 Å². The van der Waals surface area contributed by atoms with Crippen LogP contribution in [-0.2, 0) is 11.8 Å². The Morgan fingerprint density at radius 3 is 2.33 bits per heavy atom. The van der Waals surface area contributed by atoms with Gasteiger partial charge < -0.3 is 20.3 Å². The number of benzene rings is 2. The highest BCUT2D eigenvalue weighted by Crippen LogP contribution is 2.39. The lowest BCUT2D eigenvalue weighted by molar-refractivity contribution is -0.712. The maximum Gasteiger partial charge on any atom is 0.431 e. The van der Waals surface area contributed by atoms with Gasteiger partial charge in [-0.05, 0) is 87.3 Å². The number of aryl methyl sites for hydroxylation is 3. The molecule has 0 bridgehead atoms. The quantitative estimate of drug-likeness (QED) is 0.259. The van der Waals surface area contributed by atoms with E-state index in [0.29, 0.717) is 40.0 Å². The van der Waals surface area contributed by atoms with Gasteiger partial charge in [0, 0.05) is 30.8 Å². The molecule has 2 N–H and O–H groups in total. The number of nitrogens with one attached hydrogen (secondary N) is 2. The first-order valence-corrected chi connectivity index (χ1v) is 12.7. The van der Waals surface area contributed by atoms with Gasteiger partial charge in [0.05, 0.1) is 23.6 Å². The van der Waals surface area contributed by atoms with E-state index in [1.807, 2.05) is 13.1 Å². The van der Waals surface area contributed by atoms with Gasteiger partial charge in [-0.15, -0.1) is 4.68 Å². The minimum Gasteiger partial charge on any atom is -0.494 e. The van der Waals surface area contributed by atoms with Crippen LogP contribution in [0.1, 0.15) is 45.7 Å². The Morgan fingerprint density at radius 1 is 1.06 bits per heavy atom. The Morgan fingerprint density at radius 2 is 1.75 bits per heavy atom. The first-order valence-electron chi connectivity index (χ1n) is 11.9. The van der Waals surface area contributed by atoms with Crippen LogP contribution < -0.4 is 25.0 Å². The minimum absolute atomic E-state index is 0.205. The van der Waals surface area contributed by atoms with Crippen molar-refractivity contribution in [3.63, 3.8) is 0 Å². The van der Waals surface area contributed by atoms with E-state index in [0.717, 1.165) is 10.8 Å². The lowest BCUT2D eigenvalue weighted by Gasteiger charge is -2.28. The van der Waals surface area contributed by atoms with E-state index in [-0.39, 0.29) is 5.91 Å². The maximum absolute atomic E-state index is 12.0. The molecule has 0 aliphatic rings. The number of carbonyl (C=O) groups excluding carboxylic acids is 1. The molecular formula is C26H36N7O2S+. The Labute approximate surface area is 217 Å². The van der Waals surface area contributed by atoms with Gasteiger partial charge in [0.25, 0.3) is 0 Å². The van der Waals surface area contributed by atoms with E-state index < -0.39 is 0 Å². The van der Waals surface area contributed by atoms with Crippen LogP contribution in [0.15, 0.2) is 40.6 Å². The molecule has 0 saturated carbocycles. The predicted octanol–water partition coefficient (Wildman–Crippen LogP) is 6.33. The lowest BCUT2D eigenvalue weighted by atomic mass is 10.1. The Balaban J connectivity index is 1.99. The Kier molecular flexibility index (Phi) is 8.62. The molecule has 1 heterocycles. The monoisotopic (exact) mass is 510 g/mol. The average Bonchev–Trinajstić information content (AvgIpc) is 3.14. The van der Waals surface area contributed by atoms with E-state index in [2.05, 4.69) is 84.5 Å². The molecule has 0 radical (unpaired) electrons. The van der Waals surface area contributed by atoms with Crippen LogP contribution >= 0.6 is 11.3 Å². The molecule has 192 valence electrons. The van der Waals surface area contributed by atoms with E-state index in [1.54, 1.807) is 23.9 Å². The zero-order valence-corrected chi connectivity index (χ0v) is 23.3. The number of rotatable bonds is 9. The molecule has 0 fully saturated rings. The van der Waals surface area contributed by atoms with Gasteiger partial charge in [-0.3, -0.25) is 4.79 Å². The van der Waals surface area contributed by atoms with Crippen LogP contribution in [-0.4, -0.2) is 30.2 Å². The Bertz CT molecular complexity index is 1260. The van der Waals surface area contributed by atoms with Crippen molar-refractivity contribution < 1.29 is 14.2 Å². The standard InChI is InChI=1S/C26H35N7O2S/c1-15(2)33(16(3)4)26-31-32(8)25(36-26)30-29-22-14-24(35-9)23(13-21(22)27-19(7)34)28-20-11-10-17(5)18(6)12-20/h10-16H,1-9H3,(H,27,28,34)/p+1. The predicted molar refractivity (Wildman–Crippen MR) is 147 cm³/mol. The molecule has 0 aliphatic heterocycles. The highest BCUT2D eigenvalue weighted by molar-refractivity contribution is 7.18. The number of hydrogen-bond acceptors (Lipinski definition) is 8. The number of carbonyl (C=O) groups is 1. The molecule has 0 spiro atoms. The summed E-state index contributed by atoms with van der Waals surface area (Å²) in [5.41, 5.74) is 5.02. The van der Waals surface area contributed by atoms with Gasteiger partial charge in [0.1, 0.15) is 18.5 Å². The van der Waals surface area contributed by atoms with Gasteiger partial charge in [-0.1, -0.05) is 11.2 Å². The summed E-state index contributed by atoms with van der Waals surface area (Å²) < 4.78 is 7.35. The van der Waals surface area contributed by atoms with Crippen LogP contribution in [0.2, 0.25) is 0 Å². The van der Waals surface area contributed by atoms with Crippen molar-refractivity contribution in [3.8, 4) is 5.75 Å². The molecule has 1 amide bonds. The second-order valence-electron chi connectivity index (χ2n) is 9.26. The molecule has 0 saturated heterocycles. The van der Waals surface area contributed by atoms with Crippen LogP contribution in [0.25, 0.3) is 0 Å². The second kappa shape index (κ2) is 11.5. The summed E-state index contributed by atoms with van der Waals surface area (Å²) in [6.45, 7) is 14.2. The molecule has 1 aromatic heterocycles. The summed E-state index contributed by atoms with van der Waals surface area (Å²) >= 11 is 1.47. The SMILES string of the molecule is COc1cc(N=Nc2sc(N(C(C)C)C(C)C)n[n+]2C)c(NC(C)=O)cc1Nc1ccc(C)c(C)c1. The number of ether oxygens (including phenoxy) is 1. The number of aromatic nitrogens is 2. The summed E-state index contributed by atoms with van der Waals surface area (Å²) in [4.78, 5) is 14.2. The fourth-order valence-corrected chi connectivity index (χ4v) is 4.95. The van der Waals surface area contributed by atoms with E-state index in [4.69, 9.17) is 4.74 Å². The van der Waals surface area contributed by atoms with Crippen LogP contribution in [0.5, 0.6) is 5.75 Å². The fourth-order valence-electron chi connectivity index (χ4n) is 3.85. The van der Waals surface area contributed by atoms with Gasteiger partial charge in [0.2, 0.25) is 11.0 Å². The third-order valence-corrected chi connectivity index (χ3v) is 6.69. The maximum atomic E-state index is 12.0.